The molecule has 224 valence electrons. The largest absolute Gasteiger partial charge is 0.392 e. The number of benzene rings is 3. The van der Waals surface area contributed by atoms with E-state index in [1.54, 1.807) is 30.3 Å². The highest BCUT2D eigenvalue weighted by Crippen LogP contribution is 2.41. The second kappa shape index (κ2) is 13.6. The van der Waals surface area contributed by atoms with Gasteiger partial charge in [-0.15, -0.1) is 6.58 Å². The van der Waals surface area contributed by atoms with Gasteiger partial charge in [-0.25, -0.2) is 22.0 Å². The number of hydrogen-bond donors (Lipinski definition) is 2. The summed E-state index contributed by atoms with van der Waals surface area (Å²) in [5.41, 5.74) is 1.33. The fourth-order valence-electron chi connectivity index (χ4n) is 4.80. The number of carbonyl (C=O) groups is 1. The molecule has 1 saturated heterocycles. The highest BCUT2D eigenvalue weighted by atomic mass is 19.2. The molecule has 1 aliphatic rings. The maximum atomic E-state index is 14.0. The first-order chi connectivity index (χ1) is 20.0. The minimum Gasteiger partial charge on any atom is -0.392 e. The SMILES string of the molecule is C=CCN(C)CC1OC(c2ccc(CNC(=O)c3c(F)c(F)c(F)c(F)c3F)cc2)OC(c2ccc(CO)cc2)C1C. The Labute approximate surface area is 240 Å². The van der Waals surface area contributed by atoms with Crippen molar-refractivity contribution in [3.63, 3.8) is 0 Å². The molecule has 42 heavy (non-hydrogen) atoms. The Morgan fingerprint density at radius 3 is 2.02 bits per heavy atom. The zero-order valence-corrected chi connectivity index (χ0v) is 23.1. The summed E-state index contributed by atoms with van der Waals surface area (Å²) in [6.45, 7) is 6.80. The van der Waals surface area contributed by atoms with E-state index in [1.165, 1.54) is 0 Å². The van der Waals surface area contributed by atoms with Crippen LogP contribution in [0.25, 0.3) is 0 Å². The van der Waals surface area contributed by atoms with Gasteiger partial charge in [0.25, 0.3) is 5.91 Å². The Hall–Kier alpha value is -3.64. The molecule has 3 aromatic rings. The van der Waals surface area contributed by atoms with E-state index < -0.39 is 46.8 Å². The topological polar surface area (TPSA) is 71.0 Å². The third-order valence-electron chi connectivity index (χ3n) is 7.20. The summed E-state index contributed by atoms with van der Waals surface area (Å²) < 4.78 is 81.0. The van der Waals surface area contributed by atoms with Crippen LogP contribution in [-0.4, -0.2) is 42.2 Å². The van der Waals surface area contributed by atoms with E-state index in [0.717, 1.165) is 11.1 Å². The predicted molar refractivity (Wildman–Crippen MR) is 145 cm³/mol. The zero-order chi connectivity index (χ0) is 30.6. The van der Waals surface area contributed by atoms with Crippen molar-refractivity contribution in [2.75, 3.05) is 20.1 Å². The van der Waals surface area contributed by atoms with E-state index in [2.05, 4.69) is 16.8 Å². The summed E-state index contributed by atoms with van der Waals surface area (Å²) in [4.78, 5) is 14.4. The average molecular weight is 591 g/mol. The Bertz CT molecular complexity index is 1390. The van der Waals surface area contributed by atoms with Crippen LogP contribution in [0.15, 0.2) is 61.2 Å². The third kappa shape index (κ3) is 6.70. The molecule has 1 aliphatic heterocycles. The first-order valence-electron chi connectivity index (χ1n) is 13.2. The van der Waals surface area contributed by atoms with Crippen LogP contribution in [0.4, 0.5) is 22.0 Å². The lowest BCUT2D eigenvalue weighted by atomic mass is 9.90. The number of aliphatic hydroxyl groups is 1. The molecule has 1 amide bonds. The summed E-state index contributed by atoms with van der Waals surface area (Å²) in [6, 6.07) is 14.2. The molecule has 1 heterocycles. The first kappa shape index (κ1) is 31.3. The van der Waals surface area contributed by atoms with Gasteiger partial charge >= 0.3 is 0 Å². The molecule has 0 spiro atoms. The molecule has 0 bridgehead atoms. The molecule has 0 aliphatic carbocycles. The van der Waals surface area contributed by atoms with Crippen molar-refractivity contribution in [2.24, 2.45) is 5.92 Å². The fourth-order valence-corrected chi connectivity index (χ4v) is 4.80. The quantitative estimate of drug-likeness (QED) is 0.137. The van der Waals surface area contributed by atoms with Crippen molar-refractivity contribution in [1.82, 2.24) is 10.2 Å². The lowest BCUT2D eigenvalue weighted by molar-refractivity contribution is -0.275. The number of likely N-dealkylation sites (N-methyl/N-ethyl adjacent to an activating group) is 1. The van der Waals surface area contributed by atoms with Crippen molar-refractivity contribution in [2.45, 2.75) is 38.6 Å². The number of rotatable bonds is 10. The summed E-state index contributed by atoms with van der Waals surface area (Å²) in [5.74, 6) is -12.6. The lowest BCUT2D eigenvalue weighted by Gasteiger charge is -2.42. The van der Waals surface area contributed by atoms with Gasteiger partial charge in [0.05, 0.1) is 18.8 Å². The fraction of sp³-hybridized carbons (Fsp3) is 0.323. The van der Waals surface area contributed by atoms with Crippen LogP contribution in [0, 0.1) is 35.0 Å². The van der Waals surface area contributed by atoms with Crippen LogP contribution in [-0.2, 0) is 22.6 Å². The lowest BCUT2D eigenvalue weighted by Crippen LogP contribution is -2.43. The van der Waals surface area contributed by atoms with Crippen LogP contribution < -0.4 is 5.32 Å². The minimum atomic E-state index is -2.34. The standard InChI is InChI=1S/C31H31F5N2O4/c1-4-13-38(3)15-22-17(2)29(20-9-7-19(16-39)8-10-20)42-31(41-22)21-11-5-18(6-12-21)14-37-30(40)23-24(32)26(34)28(36)27(35)25(23)33/h4-12,17,22,29,31,39H,1,13-16H2,2-3H3,(H,37,40). The highest BCUT2D eigenvalue weighted by molar-refractivity contribution is 5.94. The number of amides is 1. The van der Waals surface area contributed by atoms with Crippen LogP contribution in [0.2, 0.25) is 0 Å². The van der Waals surface area contributed by atoms with Gasteiger partial charge in [0.2, 0.25) is 5.82 Å². The Morgan fingerprint density at radius 1 is 0.905 bits per heavy atom. The Morgan fingerprint density at radius 2 is 1.45 bits per heavy atom. The molecule has 4 atom stereocenters. The van der Waals surface area contributed by atoms with Crippen molar-refractivity contribution >= 4 is 5.91 Å². The van der Waals surface area contributed by atoms with Gasteiger partial charge in [-0.1, -0.05) is 61.5 Å². The second-order valence-corrected chi connectivity index (χ2v) is 10.2. The summed E-state index contributed by atoms with van der Waals surface area (Å²) >= 11 is 0. The third-order valence-corrected chi connectivity index (χ3v) is 7.20. The van der Waals surface area contributed by atoms with Gasteiger partial charge < -0.3 is 24.8 Å². The molecule has 6 nitrogen and oxygen atoms in total. The molecular formula is C31H31F5N2O4. The van der Waals surface area contributed by atoms with Gasteiger partial charge in [-0.3, -0.25) is 4.79 Å². The number of hydrogen-bond acceptors (Lipinski definition) is 5. The van der Waals surface area contributed by atoms with Crippen LogP contribution in [0.1, 0.15) is 51.9 Å². The van der Waals surface area contributed by atoms with Gasteiger partial charge in [-0.05, 0) is 23.7 Å². The molecule has 11 heteroatoms. The average Bonchev–Trinajstić information content (AvgIpc) is 2.99. The number of aliphatic hydroxyl groups excluding tert-OH is 1. The number of nitrogens with one attached hydrogen (secondary N) is 1. The van der Waals surface area contributed by atoms with Gasteiger partial charge in [-0.2, -0.15) is 0 Å². The van der Waals surface area contributed by atoms with Gasteiger partial charge in [0.15, 0.2) is 29.6 Å². The van der Waals surface area contributed by atoms with Gasteiger partial charge in [0.1, 0.15) is 5.56 Å². The van der Waals surface area contributed by atoms with Gasteiger partial charge in [0, 0.05) is 31.1 Å². The molecule has 2 N–H and O–H groups in total. The maximum Gasteiger partial charge on any atom is 0.257 e. The summed E-state index contributed by atoms with van der Waals surface area (Å²) in [6.07, 6.45) is 0.522. The van der Waals surface area contributed by atoms with E-state index >= 15 is 0 Å². The van der Waals surface area contributed by atoms with E-state index in [4.69, 9.17) is 9.47 Å². The van der Waals surface area contributed by atoms with E-state index in [9.17, 15) is 31.9 Å². The summed E-state index contributed by atoms with van der Waals surface area (Å²) in [5, 5.41) is 11.6. The zero-order valence-electron chi connectivity index (χ0n) is 23.1. The number of carbonyl (C=O) groups excluding carboxylic acids is 1. The van der Waals surface area contributed by atoms with Crippen LogP contribution in [0.5, 0.6) is 0 Å². The molecule has 1 fully saturated rings. The monoisotopic (exact) mass is 590 g/mol. The smallest absolute Gasteiger partial charge is 0.257 e. The number of halogens is 5. The van der Waals surface area contributed by atoms with E-state index in [-0.39, 0.29) is 31.3 Å². The Kier molecular flexibility index (Phi) is 10.1. The van der Waals surface area contributed by atoms with Crippen LogP contribution in [0.3, 0.4) is 0 Å². The highest BCUT2D eigenvalue weighted by Gasteiger charge is 2.38. The van der Waals surface area contributed by atoms with Crippen LogP contribution >= 0.6 is 0 Å². The van der Waals surface area contributed by atoms with Crippen molar-refractivity contribution in [3.05, 3.63) is 118 Å². The van der Waals surface area contributed by atoms with E-state index in [1.807, 2.05) is 38.2 Å². The summed E-state index contributed by atoms with van der Waals surface area (Å²) in [7, 11) is 1.96. The second-order valence-electron chi connectivity index (χ2n) is 10.2. The van der Waals surface area contributed by atoms with Crippen molar-refractivity contribution in [3.8, 4) is 0 Å². The minimum absolute atomic E-state index is 0.0232. The number of ether oxygens (including phenoxy) is 2. The van der Waals surface area contributed by atoms with Crippen molar-refractivity contribution < 1.29 is 41.3 Å². The molecule has 0 radical (unpaired) electrons. The normalized spacial score (nSPS) is 20.5. The first-order valence-corrected chi connectivity index (χ1v) is 13.2. The van der Waals surface area contributed by atoms with E-state index in [0.29, 0.717) is 24.2 Å². The molecule has 0 saturated carbocycles. The number of nitrogens with zero attached hydrogens (tertiary/aromatic N) is 1. The molecule has 3 aromatic carbocycles. The van der Waals surface area contributed by atoms with Crippen molar-refractivity contribution in [1.29, 1.82) is 0 Å². The maximum absolute atomic E-state index is 14.0. The predicted octanol–water partition coefficient (Wildman–Crippen LogP) is 5.71. The molecular weight excluding hydrogens is 559 g/mol. The molecule has 0 aromatic heterocycles. The molecule has 4 unspecified atom stereocenters. The Balaban J connectivity index is 1.50. The molecule has 4 rings (SSSR count).